The van der Waals surface area contributed by atoms with Crippen molar-refractivity contribution < 1.29 is 13.2 Å². The molecule has 0 saturated carbocycles. The van der Waals surface area contributed by atoms with Crippen LogP contribution in [0.2, 0.25) is 0 Å². The highest BCUT2D eigenvalue weighted by atomic mass is 32.2. The monoisotopic (exact) mass is 291 g/mol. The summed E-state index contributed by atoms with van der Waals surface area (Å²) < 4.78 is 30.2. The third-order valence-corrected chi connectivity index (χ3v) is 4.74. The molecular formula is C15H17NO3S. The van der Waals surface area contributed by atoms with Gasteiger partial charge in [0.1, 0.15) is 5.75 Å². The molecule has 0 aliphatic rings. The summed E-state index contributed by atoms with van der Waals surface area (Å²) in [6.45, 7) is 0.489. The van der Waals surface area contributed by atoms with Gasteiger partial charge in [0.25, 0.3) is 0 Å². The fraction of sp³-hybridized carbons (Fsp3) is 0.200. The van der Waals surface area contributed by atoms with Gasteiger partial charge in [-0.2, -0.15) is 0 Å². The first kappa shape index (κ1) is 14.6. The van der Waals surface area contributed by atoms with Gasteiger partial charge in [0, 0.05) is 0 Å². The van der Waals surface area contributed by atoms with E-state index < -0.39 is 9.84 Å². The molecule has 0 aliphatic carbocycles. The molecular weight excluding hydrogens is 274 g/mol. The second-order valence-electron chi connectivity index (χ2n) is 4.37. The van der Waals surface area contributed by atoms with Crippen molar-refractivity contribution in [3.05, 3.63) is 54.1 Å². The number of rotatable bonds is 5. The summed E-state index contributed by atoms with van der Waals surface area (Å²) in [5.74, 6) is 0.518. The molecule has 0 atom stereocenters. The Bertz CT molecular complexity index is 696. The van der Waals surface area contributed by atoms with E-state index in [1.165, 1.54) is 13.2 Å². The van der Waals surface area contributed by atoms with Gasteiger partial charge in [0.15, 0.2) is 0 Å². The zero-order valence-corrected chi connectivity index (χ0v) is 12.1. The summed E-state index contributed by atoms with van der Waals surface area (Å²) in [7, 11) is -2.03. The van der Waals surface area contributed by atoms with Crippen LogP contribution in [0.15, 0.2) is 58.3 Å². The van der Waals surface area contributed by atoms with Crippen LogP contribution >= 0.6 is 0 Å². The fourth-order valence-electron chi connectivity index (χ4n) is 1.94. The molecule has 2 aromatic carbocycles. The summed E-state index contributed by atoms with van der Waals surface area (Å²) in [4.78, 5) is 0.499. The molecule has 2 rings (SSSR count). The van der Waals surface area contributed by atoms with Crippen LogP contribution in [-0.4, -0.2) is 22.1 Å². The Morgan fingerprint density at radius 2 is 1.70 bits per heavy atom. The highest BCUT2D eigenvalue weighted by Crippen LogP contribution is 2.24. The zero-order valence-electron chi connectivity index (χ0n) is 11.2. The Morgan fingerprint density at radius 3 is 2.35 bits per heavy atom. The van der Waals surface area contributed by atoms with Crippen molar-refractivity contribution in [2.75, 3.05) is 13.7 Å². The van der Waals surface area contributed by atoms with Crippen molar-refractivity contribution in [3.63, 3.8) is 0 Å². The van der Waals surface area contributed by atoms with Crippen molar-refractivity contribution in [1.29, 1.82) is 0 Å². The summed E-state index contributed by atoms with van der Waals surface area (Å²) in [6.07, 6.45) is 0.654. The first-order valence-corrected chi connectivity index (χ1v) is 7.74. The second-order valence-corrected chi connectivity index (χ2v) is 6.32. The predicted octanol–water partition coefficient (Wildman–Crippen LogP) is 2.03. The average molecular weight is 291 g/mol. The largest absolute Gasteiger partial charge is 0.497 e. The van der Waals surface area contributed by atoms with Crippen LogP contribution in [0.1, 0.15) is 5.56 Å². The third kappa shape index (κ3) is 3.00. The van der Waals surface area contributed by atoms with E-state index in [9.17, 15) is 8.42 Å². The molecule has 0 unspecified atom stereocenters. The lowest BCUT2D eigenvalue weighted by atomic mass is 10.2. The standard InChI is InChI=1S/C15H17NO3S/c1-19-13-5-3-7-15(11-13)20(17,18)14-6-2-4-12(10-14)8-9-16/h2-7,10-11H,8-9,16H2,1H3. The van der Waals surface area contributed by atoms with E-state index in [2.05, 4.69) is 0 Å². The normalized spacial score (nSPS) is 11.3. The topological polar surface area (TPSA) is 69.4 Å². The van der Waals surface area contributed by atoms with Gasteiger partial charge in [-0.3, -0.25) is 0 Å². The summed E-state index contributed by atoms with van der Waals surface area (Å²) in [5.41, 5.74) is 6.42. The fourth-order valence-corrected chi connectivity index (χ4v) is 3.30. The second kappa shape index (κ2) is 6.07. The van der Waals surface area contributed by atoms with Crippen LogP contribution in [0.3, 0.4) is 0 Å². The van der Waals surface area contributed by atoms with Crippen LogP contribution in [0.5, 0.6) is 5.75 Å². The molecule has 0 heterocycles. The number of hydrogen-bond donors (Lipinski definition) is 1. The van der Waals surface area contributed by atoms with E-state index in [0.717, 1.165) is 5.56 Å². The molecule has 0 fully saturated rings. The van der Waals surface area contributed by atoms with E-state index in [4.69, 9.17) is 10.5 Å². The molecule has 0 spiro atoms. The molecule has 4 nitrogen and oxygen atoms in total. The molecule has 0 radical (unpaired) electrons. The lowest BCUT2D eigenvalue weighted by molar-refractivity contribution is 0.413. The van der Waals surface area contributed by atoms with E-state index in [1.807, 2.05) is 6.07 Å². The quantitative estimate of drug-likeness (QED) is 0.915. The lowest BCUT2D eigenvalue weighted by Crippen LogP contribution is -2.06. The van der Waals surface area contributed by atoms with Crippen molar-refractivity contribution in [1.82, 2.24) is 0 Å². The average Bonchev–Trinajstić information content (AvgIpc) is 2.48. The van der Waals surface area contributed by atoms with Crippen LogP contribution in [0.4, 0.5) is 0 Å². The van der Waals surface area contributed by atoms with Gasteiger partial charge in [-0.1, -0.05) is 18.2 Å². The van der Waals surface area contributed by atoms with E-state index >= 15 is 0 Å². The maximum Gasteiger partial charge on any atom is 0.206 e. The molecule has 5 heteroatoms. The number of ether oxygens (including phenoxy) is 1. The molecule has 106 valence electrons. The van der Waals surface area contributed by atoms with Crippen LogP contribution in [-0.2, 0) is 16.3 Å². The number of benzene rings is 2. The Kier molecular flexibility index (Phi) is 4.42. The molecule has 2 N–H and O–H groups in total. The van der Waals surface area contributed by atoms with Gasteiger partial charge in [-0.15, -0.1) is 0 Å². The van der Waals surface area contributed by atoms with Gasteiger partial charge >= 0.3 is 0 Å². The number of hydrogen-bond acceptors (Lipinski definition) is 4. The zero-order chi connectivity index (χ0) is 14.6. The van der Waals surface area contributed by atoms with Gasteiger partial charge in [-0.25, -0.2) is 8.42 Å². The minimum atomic E-state index is -3.53. The molecule has 0 aliphatic heterocycles. The van der Waals surface area contributed by atoms with E-state index in [0.29, 0.717) is 18.7 Å². The number of nitrogens with two attached hydrogens (primary N) is 1. The number of sulfone groups is 1. The summed E-state index contributed by atoms with van der Waals surface area (Å²) in [6, 6.07) is 13.3. The summed E-state index contributed by atoms with van der Waals surface area (Å²) in [5, 5.41) is 0. The lowest BCUT2D eigenvalue weighted by Gasteiger charge is -2.08. The van der Waals surface area contributed by atoms with Crippen LogP contribution in [0, 0.1) is 0 Å². The highest BCUT2D eigenvalue weighted by molar-refractivity contribution is 7.91. The van der Waals surface area contributed by atoms with Gasteiger partial charge in [0.2, 0.25) is 9.84 Å². The van der Waals surface area contributed by atoms with Crippen molar-refractivity contribution in [2.24, 2.45) is 5.73 Å². The maximum atomic E-state index is 12.6. The van der Waals surface area contributed by atoms with Gasteiger partial charge in [0.05, 0.1) is 16.9 Å². The van der Waals surface area contributed by atoms with Gasteiger partial charge in [-0.05, 0) is 48.9 Å². The van der Waals surface area contributed by atoms with Crippen molar-refractivity contribution in [3.8, 4) is 5.75 Å². The van der Waals surface area contributed by atoms with E-state index in [-0.39, 0.29) is 9.79 Å². The molecule has 0 saturated heterocycles. The first-order valence-electron chi connectivity index (χ1n) is 6.26. The van der Waals surface area contributed by atoms with E-state index in [1.54, 1.807) is 36.4 Å². The molecule has 20 heavy (non-hydrogen) atoms. The third-order valence-electron chi connectivity index (χ3n) is 2.99. The Balaban J connectivity index is 2.46. The Hall–Kier alpha value is -1.85. The molecule has 0 bridgehead atoms. The molecule has 0 amide bonds. The molecule has 0 aromatic heterocycles. The van der Waals surface area contributed by atoms with Gasteiger partial charge < -0.3 is 10.5 Å². The van der Waals surface area contributed by atoms with Crippen LogP contribution < -0.4 is 10.5 Å². The Morgan fingerprint density at radius 1 is 1.05 bits per heavy atom. The minimum Gasteiger partial charge on any atom is -0.497 e. The molecule has 2 aromatic rings. The Labute approximate surface area is 119 Å². The SMILES string of the molecule is COc1cccc(S(=O)(=O)c2cccc(CCN)c2)c1. The predicted molar refractivity (Wildman–Crippen MR) is 77.6 cm³/mol. The highest BCUT2D eigenvalue weighted by Gasteiger charge is 2.18. The van der Waals surface area contributed by atoms with Crippen molar-refractivity contribution >= 4 is 9.84 Å². The van der Waals surface area contributed by atoms with Crippen LogP contribution in [0.25, 0.3) is 0 Å². The minimum absolute atomic E-state index is 0.224. The van der Waals surface area contributed by atoms with Crippen molar-refractivity contribution in [2.45, 2.75) is 16.2 Å². The smallest absolute Gasteiger partial charge is 0.206 e. The first-order chi connectivity index (χ1) is 9.57. The number of methoxy groups -OCH3 is 1. The summed E-state index contributed by atoms with van der Waals surface area (Å²) >= 11 is 0. The maximum absolute atomic E-state index is 12.6.